The molecule has 0 amide bonds. The van der Waals surface area contributed by atoms with Crippen LogP contribution in [0.5, 0.6) is 0 Å². The first-order valence-corrected chi connectivity index (χ1v) is 5.76. The molecule has 1 heterocycles. The van der Waals surface area contributed by atoms with Crippen LogP contribution in [0, 0.1) is 0 Å². The van der Waals surface area contributed by atoms with Crippen LogP contribution in [0.2, 0.25) is 10.0 Å². The zero-order valence-corrected chi connectivity index (χ0v) is 9.76. The molecule has 2 N–H and O–H groups in total. The van der Waals surface area contributed by atoms with Gasteiger partial charge in [-0.1, -0.05) is 29.3 Å². The molecule has 0 aliphatic carbocycles. The lowest BCUT2D eigenvalue weighted by molar-refractivity contribution is 0.0900. The smallest absolute Gasteiger partial charge is 0.0768 e. The van der Waals surface area contributed by atoms with Gasteiger partial charge in [-0.2, -0.15) is 0 Å². The Bertz CT molecular complexity index is 350. The maximum absolute atomic E-state index is 6.09. The van der Waals surface area contributed by atoms with Crippen LogP contribution in [-0.2, 0) is 4.74 Å². The second kappa shape index (κ2) is 4.71. The topological polar surface area (TPSA) is 35.2 Å². The van der Waals surface area contributed by atoms with Gasteiger partial charge >= 0.3 is 0 Å². The van der Waals surface area contributed by atoms with Crippen LogP contribution in [0.3, 0.4) is 0 Å². The van der Waals surface area contributed by atoms with Gasteiger partial charge in [0.2, 0.25) is 0 Å². The Hall–Kier alpha value is -0.280. The molecular weight excluding hydrogens is 233 g/mol. The van der Waals surface area contributed by atoms with E-state index < -0.39 is 0 Å². The van der Waals surface area contributed by atoms with Crippen molar-refractivity contribution in [3.8, 4) is 0 Å². The van der Waals surface area contributed by atoms with Crippen molar-refractivity contribution < 1.29 is 4.74 Å². The van der Waals surface area contributed by atoms with Crippen LogP contribution in [0.4, 0.5) is 0 Å². The number of ether oxygens (including phenoxy) is 1. The highest BCUT2D eigenvalue weighted by molar-refractivity contribution is 6.42. The Morgan fingerprint density at radius 2 is 2.13 bits per heavy atom. The first-order valence-electron chi connectivity index (χ1n) is 5.00. The summed E-state index contributed by atoms with van der Waals surface area (Å²) < 4.78 is 5.54. The van der Waals surface area contributed by atoms with Crippen molar-refractivity contribution in [1.29, 1.82) is 0 Å². The van der Waals surface area contributed by atoms with Crippen molar-refractivity contribution in [2.45, 2.75) is 25.0 Å². The molecule has 1 aliphatic rings. The highest BCUT2D eigenvalue weighted by atomic mass is 35.5. The molecule has 4 heteroatoms. The van der Waals surface area contributed by atoms with Crippen molar-refractivity contribution in [1.82, 2.24) is 0 Å². The summed E-state index contributed by atoms with van der Waals surface area (Å²) in [4.78, 5) is 0. The van der Waals surface area contributed by atoms with Crippen LogP contribution in [-0.4, -0.2) is 12.7 Å². The summed E-state index contributed by atoms with van der Waals surface area (Å²) >= 11 is 11.8. The number of rotatable bonds is 2. The van der Waals surface area contributed by atoms with E-state index in [0.29, 0.717) is 10.0 Å². The third kappa shape index (κ3) is 2.45. The number of nitrogens with two attached hydrogens (primary N) is 1. The minimum atomic E-state index is -0.109. The molecule has 1 saturated heterocycles. The molecule has 1 aliphatic heterocycles. The van der Waals surface area contributed by atoms with Gasteiger partial charge in [0.1, 0.15) is 0 Å². The number of hydrogen-bond acceptors (Lipinski definition) is 2. The molecule has 0 radical (unpaired) electrons. The van der Waals surface area contributed by atoms with Crippen molar-refractivity contribution in [2.75, 3.05) is 6.61 Å². The Morgan fingerprint density at radius 3 is 2.73 bits per heavy atom. The van der Waals surface area contributed by atoms with Crippen molar-refractivity contribution in [3.05, 3.63) is 33.8 Å². The summed E-state index contributed by atoms with van der Waals surface area (Å²) in [7, 11) is 0. The second-order valence-electron chi connectivity index (χ2n) is 3.75. The van der Waals surface area contributed by atoms with Crippen LogP contribution >= 0.6 is 23.2 Å². The summed E-state index contributed by atoms with van der Waals surface area (Å²) in [5, 5.41) is 1.10. The molecule has 1 aromatic carbocycles. The lowest BCUT2D eigenvalue weighted by atomic mass is 10.0. The van der Waals surface area contributed by atoms with Gasteiger partial charge in [0.05, 0.1) is 22.2 Å². The van der Waals surface area contributed by atoms with Gasteiger partial charge in [-0.05, 0) is 30.5 Å². The Labute approximate surface area is 99.3 Å². The molecule has 82 valence electrons. The number of halogens is 2. The van der Waals surface area contributed by atoms with Gasteiger partial charge in [0, 0.05) is 6.61 Å². The van der Waals surface area contributed by atoms with E-state index in [-0.39, 0.29) is 12.1 Å². The predicted octanol–water partition coefficient (Wildman–Crippen LogP) is 3.17. The lowest BCUT2D eigenvalue weighted by Gasteiger charge is -2.19. The van der Waals surface area contributed by atoms with E-state index in [9.17, 15) is 0 Å². The van der Waals surface area contributed by atoms with Crippen LogP contribution in [0.15, 0.2) is 18.2 Å². The zero-order chi connectivity index (χ0) is 10.8. The minimum absolute atomic E-state index is 0.109. The Balaban J connectivity index is 2.17. The third-order valence-corrected chi connectivity index (χ3v) is 3.43. The lowest BCUT2D eigenvalue weighted by Crippen LogP contribution is -2.25. The van der Waals surface area contributed by atoms with Crippen LogP contribution in [0.25, 0.3) is 0 Å². The second-order valence-corrected chi connectivity index (χ2v) is 4.57. The van der Waals surface area contributed by atoms with E-state index in [1.807, 2.05) is 12.1 Å². The minimum Gasteiger partial charge on any atom is -0.376 e. The highest BCUT2D eigenvalue weighted by Gasteiger charge is 2.24. The highest BCUT2D eigenvalue weighted by Crippen LogP contribution is 2.29. The molecule has 0 saturated carbocycles. The number of hydrogen-bond donors (Lipinski definition) is 1. The molecular formula is C11H13Cl2NO. The first kappa shape index (κ1) is 11.2. The maximum Gasteiger partial charge on any atom is 0.0768 e. The third-order valence-electron chi connectivity index (χ3n) is 2.69. The molecule has 15 heavy (non-hydrogen) atoms. The summed E-state index contributed by atoms with van der Waals surface area (Å²) in [6.07, 6.45) is 2.21. The maximum atomic E-state index is 6.09. The largest absolute Gasteiger partial charge is 0.376 e. The zero-order valence-electron chi connectivity index (χ0n) is 8.25. The summed E-state index contributed by atoms with van der Waals surface area (Å²) in [6, 6.07) is 5.38. The Morgan fingerprint density at radius 1 is 1.33 bits per heavy atom. The molecule has 0 bridgehead atoms. The van der Waals surface area contributed by atoms with Crippen molar-refractivity contribution >= 4 is 23.2 Å². The molecule has 2 atom stereocenters. The average Bonchev–Trinajstić information content (AvgIpc) is 2.74. The van der Waals surface area contributed by atoms with Crippen molar-refractivity contribution in [2.24, 2.45) is 5.73 Å². The van der Waals surface area contributed by atoms with E-state index in [1.54, 1.807) is 6.07 Å². The van der Waals surface area contributed by atoms with Gasteiger partial charge < -0.3 is 10.5 Å². The van der Waals surface area contributed by atoms with Gasteiger partial charge in [-0.3, -0.25) is 0 Å². The molecule has 0 spiro atoms. The van der Waals surface area contributed by atoms with Gasteiger partial charge in [-0.15, -0.1) is 0 Å². The first-order chi connectivity index (χ1) is 7.18. The fourth-order valence-electron chi connectivity index (χ4n) is 1.82. The fraction of sp³-hybridized carbons (Fsp3) is 0.455. The predicted molar refractivity (Wildman–Crippen MR) is 62.4 cm³/mol. The van der Waals surface area contributed by atoms with E-state index in [2.05, 4.69) is 0 Å². The monoisotopic (exact) mass is 245 g/mol. The van der Waals surface area contributed by atoms with E-state index >= 15 is 0 Å². The number of benzene rings is 1. The van der Waals surface area contributed by atoms with E-state index in [0.717, 1.165) is 25.0 Å². The fourth-order valence-corrected chi connectivity index (χ4v) is 2.13. The Kier molecular flexibility index (Phi) is 3.52. The molecule has 2 rings (SSSR count). The molecule has 1 fully saturated rings. The quantitative estimate of drug-likeness (QED) is 0.869. The molecule has 0 aromatic heterocycles. The van der Waals surface area contributed by atoms with E-state index in [4.69, 9.17) is 33.7 Å². The SMILES string of the molecule is NC(c1ccc(Cl)c(Cl)c1)C1CCCO1. The van der Waals surface area contributed by atoms with E-state index in [1.165, 1.54) is 0 Å². The summed E-state index contributed by atoms with van der Waals surface area (Å²) in [5.74, 6) is 0. The standard InChI is InChI=1S/C11H13Cl2NO/c12-8-4-3-7(6-9(8)13)11(14)10-2-1-5-15-10/h3-4,6,10-11H,1-2,5,14H2. The molecule has 2 nitrogen and oxygen atoms in total. The van der Waals surface area contributed by atoms with Gasteiger partial charge in [0.15, 0.2) is 0 Å². The van der Waals surface area contributed by atoms with Crippen molar-refractivity contribution in [3.63, 3.8) is 0 Å². The normalized spacial score (nSPS) is 23.0. The molecule has 2 unspecified atom stereocenters. The summed E-state index contributed by atoms with van der Waals surface area (Å²) in [6.45, 7) is 0.805. The van der Waals surface area contributed by atoms with Gasteiger partial charge in [0.25, 0.3) is 0 Å². The average molecular weight is 246 g/mol. The van der Waals surface area contributed by atoms with Crippen LogP contribution in [0.1, 0.15) is 24.4 Å². The van der Waals surface area contributed by atoms with Gasteiger partial charge in [-0.25, -0.2) is 0 Å². The van der Waals surface area contributed by atoms with Crippen LogP contribution < -0.4 is 5.73 Å². The summed E-state index contributed by atoms with van der Waals surface area (Å²) in [5.41, 5.74) is 7.08. The molecule has 1 aromatic rings.